The van der Waals surface area contributed by atoms with Crippen molar-refractivity contribution in [1.82, 2.24) is 0 Å². The maximum atomic E-state index is 12.1. The molecule has 2 N–H and O–H groups in total. The lowest BCUT2D eigenvalue weighted by atomic mass is 9.89. The van der Waals surface area contributed by atoms with Crippen molar-refractivity contribution in [3.05, 3.63) is 12.2 Å². The molecule has 25 heavy (non-hydrogen) atoms. The van der Waals surface area contributed by atoms with Gasteiger partial charge in [0, 0.05) is 12.3 Å². The van der Waals surface area contributed by atoms with Crippen LogP contribution in [0.1, 0.15) is 71.1 Å². The average Bonchev–Trinajstić information content (AvgIpc) is 2.92. The van der Waals surface area contributed by atoms with Gasteiger partial charge in [0.2, 0.25) is 0 Å². The Hall–Kier alpha value is -0.810. The summed E-state index contributed by atoms with van der Waals surface area (Å²) >= 11 is 1.46. The number of aliphatic hydroxyl groups excluding tert-OH is 1. The van der Waals surface area contributed by atoms with Crippen molar-refractivity contribution in [1.29, 1.82) is 0 Å². The lowest BCUT2D eigenvalue weighted by Gasteiger charge is -2.15. The number of ketones is 1. The molecule has 3 atom stereocenters. The van der Waals surface area contributed by atoms with Crippen LogP contribution >= 0.6 is 11.8 Å². The fraction of sp³-hybridized carbons (Fsp3) is 0.800. The van der Waals surface area contributed by atoms with E-state index < -0.39 is 5.97 Å². The Balaban J connectivity index is 2.24. The zero-order valence-electron chi connectivity index (χ0n) is 15.5. The molecule has 5 heteroatoms. The number of Topliss-reactive ketones (excluding diaryl/α,β-unsaturated/α-hetero) is 1. The van der Waals surface area contributed by atoms with Gasteiger partial charge in [0.15, 0.2) is 0 Å². The minimum absolute atomic E-state index is 0.116. The van der Waals surface area contributed by atoms with E-state index in [-0.39, 0.29) is 23.7 Å². The van der Waals surface area contributed by atoms with Crippen LogP contribution in [0.25, 0.3) is 0 Å². The summed E-state index contributed by atoms with van der Waals surface area (Å²) in [5.74, 6) is 1.07. The van der Waals surface area contributed by atoms with Gasteiger partial charge in [-0.2, -0.15) is 11.8 Å². The first-order valence-corrected chi connectivity index (χ1v) is 10.9. The van der Waals surface area contributed by atoms with Crippen LogP contribution in [0.5, 0.6) is 0 Å². The largest absolute Gasteiger partial charge is 0.481 e. The smallest absolute Gasteiger partial charge is 0.313 e. The number of thioether (sulfide) groups is 1. The van der Waals surface area contributed by atoms with Crippen LogP contribution in [-0.4, -0.2) is 39.6 Å². The normalized spacial score (nSPS) is 21.9. The van der Waals surface area contributed by atoms with E-state index in [1.165, 1.54) is 11.8 Å². The predicted octanol–water partition coefficient (Wildman–Crippen LogP) is 4.46. The number of hydrogen-bond donors (Lipinski definition) is 2. The van der Waals surface area contributed by atoms with Crippen molar-refractivity contribution in [2.45, 2.75) is 77.2 Å². The van der Waals surface area contributed by atoms with Crippen molar-refractivity contribution < 1.29 is 19.8 Å². The Morgan fingerprint density at radius 3 is 2.80 bits per heavy atom. The fourth-order valence-corrected chi connectivity index (χ4v) is 4.14. The summed E-state index contributed by atoms with van der Waals surface area (Å²) in [5.41, 5.74) is 0. The molecule has 1 aliphatic carbocycles. The Morgan fingerprint density at radius 1 is 1.28 bits per heavy atom. The van der Waals surface area contributed by atoms with Gasteiger partial charge in [-0.1, -0.05) is 51.2 Å². The van der Waals surface area contributed by atoms with E-state index in [0.717, 1.165) is 63.5 Å². The number of rotatable bonds is 14. The molecule has 0 heterocycles. The highest BCUT2D eigenvalue weighted by Gasteiger charge is 2.32. The van der Waals surface area contributed by atoms with Gasteiger partial charge in [-0.15, -0.1) is 0 Å². The molecule has 0 bridgehead atoms. The quantitative estimate of drug-likeness (QED) is 0.349. The molecule has 0 amide bonds. The molecular weight excluding hydrogens is 336 g/mol. The van der Waals surface area contributed by atoms with E-state index in [2.05, 4.69) is 13.0 Å². The van der Waals surface area contributed by atoms with Crippen LogP contribution in [0.3, 0.4) is 0 Å². The lowest BCUT2D eigenvalue weighted by Crippen LogP contribution is -2.14. The number of carbonyl (C=O) groups excluding carboxylic acids is 1. The second kappa shape index (κ2) is 13.4. The van der Waals surface area contributed by atoms with Gasteiger partial charge in [-0.25, -0.2) is 0 Å². The van der Waals surface area contributed by atoms with Crippen molar-refractivity contribution in [2.24, 2.45) is 11.8 Å². The second-order valence-corrected chi connectivity index (χ2v) is 8.12. The standard InChI is InChI=1S/C20H34O4S/c1-2-3-5-8-17(21)12-10-16-11-13-19(22)18(16)9-6-4-7-14-25-15-20(23)24/h10,12,16-18,21H,2-9,11,13-15H2,1H3,(H,23,24)/b12-10+/t16?,17-,18+/m0/s1. The van der Waals surface area contributed by atoms with Crippen molar-refractivity contribution in [3.63, 3.8) is 0 Å². The molecule has 0 aromatic heterocycles. The van der Waals surface area contributed by atoms with E-state index in [4.69, 9.17) is 5.11 Å². The topological polar surface area (TPSA) is 74.6 Å². The summed E-state index contributed by atoms with van der Waals surface area (Å²) in [7, 11) is 0. The van der Waals surface area contributed by atoms with E-state index in [1.807, 2.05) is 6.08 Å². The van der Waals surface area contributed by atoms with Gasteiger partial charge in [0.05, 0.1) is 11.9 Å². The SMILES string of the molecule is CCCCC[C@H](O)/C=C/C1CCC(=O)[C@@H]1CCCCCSCC(=O)O. The summed E-state index contributed by atoms with van der Waals surface area (Å²) in [5, 5.41) is 18.6. The van der Waals surface area contributed by atoms with Crippen LogP contribution in [-0.2, 0) is 9.59 Å². The molecule has 0 saturated heterocycles. The molecule has 144 valence electrons. The number of carboxylic acid groups (broad SMARTS) is 1. The molecule has 0 aliphatic heterocycles. The maximum Gasteiger partial charge on any atom is 0.313 e. The number of allylic oxidation sites excluding steroid dienone is 1. The van der Waals surface area contributed by atoms with Crippen LogP contribution in [0, 0.1) is 11.8 Å². The Labute approximate surface area is 156 Å². The van der Waals surface area contributed by atoms with Crippen LogP contribution in [0.2, 0.25) is 0 Å². The predicted molar refractivity (Wildman–Crippen MR) is 104 cm³/mol. The highest BCUT2D eigenvalue weighted by molar-refractivity contribution is 7.99. The lowest BCUT2D eigenvalue weighted by molar-refractivity contribution is -0.134. The molecule has 1 fully saturated rings. The third-order valence-corrected chi connectivity index (χ3v) is 5.90. The van der Waals surface area contributed by atoms with Crippen molar-refractivity contribution in [2.75, 3.05) is 11.5 Å². The first-order valence-electron chi connectivity index (χ1n) is 9.73. The van der Waals surface area contributed by atoms with Gasteiger partial charge in [-0.3, -0.25) is 9.59 Å². The Morgan fingerprint density at radius 2 is 2.08 bits per heavy atom. The van der Waals surface area contributed by atoms with Gasteiger partial charge in [-0.05, 0) is 37.4 Å². The molecule has 1 unspecified atom stereocenters. The van der Waals surface area contributed by atoms with Crippen LogP contribution < -0.4 is 0 Å². The molecule has 0 spiro atoms. The number of aliphatic carboxylic acids is 1. The molecule has 0 aromatic carbocycles. The minimum Gasteiger partial charge on any atom is -0.481 e. The number of aliphatic hydroxyl groups is 1. The molecule has 4 nitrogen and oxygen atoms in total. The van der Waals surface area contributed by atoms with E-state index in [1.54, 1.807) is 0 Å². The van der Waals surface area contributed by atoms with Gasteiger partial charge < -0.3 is 10.2 Å². The van der Waals surface area contributed by atoms with Crippen LogP contribution in [0.15, 0.2) is 12.2 Å². The minimum atomic E-state index is -0.756. The fourth-order valence-electron chi connectivity index (χ4n) is 3.41. The third-order valence-electron chi connectivity index (χ3n) is 4.87. The van der Waals surface area contributed by atoms with Gasteiger partial charge >= 0.3 is 5.97 Å². The first-order chi connectivity index (χ1) is 12.0. The summed E-state index contributed by atoms with van der Waals surface area (Å²) < 4.78 is 0. The van der Waals surface area contributed by atoms with Gasteiger partial charge in [0.25, 0.3) is 0 Å². The monoisotopic (exact) mass is 370 g/mol. The molecule has 0 radical (unpaired) electrons. The molecule has 1 saturated carbocycles. The summed E-state index contributed by atoms with van der Waals surface area (Å²) in [4.78, 5) is 22.6. The highest BCUT2D eigenvalue weighted by atomic mass is 32.2. The maximum absolute atomic E-state index is 12.1. The zero-order valence-corrected chi connectivity index (χ0v) is 16.3. The molecule has 1 aliphatic rings. The van der Waals surface area contributed by atoms with E-state index in [0.29, 0.717) is 12.2 Å². The summed E-state index contributed by atoms with van der Waals surface area (Å²) in [6.45, 7) is 2.15. The van der Waals surface area contributed by atoms with Gasteiger partial charge in [0.1, 0.15) is 5.78 Å². The first kappa shape index (κ1) is 22.2. The second-order valence-electron chi connectivity index (χ2n) is 7.02. The molecule has 0 aromatic rings. The number of carbonyl (C=O) groups is 2. The van der Waals surface area contributed by atoms with E-state index in [9.17, 15) is 14.7 Å². The Bertz CT molecular complexity index is 422. The summed E-state index contributed by atoms with van der Waals surface area (Å²) in [6.07, 6.45) is 13.3. The number of unbranched alkanes of at least 4 members (excludes halogenated alkanes) is 4. The average molecular weight is 371 g/mol. The van der Waals surface area contributed by atoms with Crippen LogP contribution in [0.4, 0.5) is 0 Å². The van der Waals surface area contributed by atoms with Crippen molar-refractivity contribution in [3.8, 4) is 0 Å². The highest BCUT2D eigenvalue weighted by Crippen LogP contribution is 2.34. The molecule has 1 rings (SSSR count). The third kappa shape index (κ3) is 10.0. The van der Waals surface area contributed by atoms with E-state index >= 15 is 0 Å². The number of hydrogen-bond acceptors (Lipinski definition) is 4. The van der Waals surface area contributed by atoms with Crippen molar-refractivity contribution >= 4 is 23.5 Å². The zero-order chi connectivity index (χ0) is 18.5. The molecular formula is C20H34O4S. The number of carboxylic acids is 1. The Kier molecular flexibility index (Phi) is 11.9. The summed E-state index contributed by atoms with van der Waals surface area (Å²) in [6, 6.07) is 0.